The Morgan fingerprint density at radius 3 is 1.75 bits per heavy atom. The van der Waals surface area contributed by atoms with Crippen LogP contribution in [0.2, 0.25) is 0 Å². The highest BCUT2D eigenvalue weighted by molar-refractivity contribution is 6.40. The second-order valence-corrected chi connectivity index (χ2v) is 14.5. The molecule has 0 heterocycles. The highest BCUT2D eigenvalue weighted by Gasteiger charge is 2.24. The number of aryl methyl sites for hydroxylation is 1. The van der Waals surface area contributed by atoms with Gasteiger partial charge >= 0.3 is 0 Å². The number of hydrogen-bond donors (Lipinski definition) is 0. The Morgan fingerprint density at radius 2 is 1.00 bits per heavy atom. The lowest BCUT2D eigenvalue weighted by Gasteiger charge is -2.30. The molecule has 0 unspecified atom stereocenters. The molecule has 0 N–H and O–H groups in total. The first-order valence-corrected chi connectivity index (χ1v) is 18.5. The molecule has 1 fully saturated rings. The molecule has 51 heavy (non-hydrogen) atoms. The molecule has 0 aliphatic heterocycles. The van der Waals surface area contributed by atoms with Crippen molar-refractivity contribution in [1.29, 1.82) is 0 Å². The van der Waals surface area contributed by atoms with E-state index in [4.69, 9.17) is 0 Å². The molecule has 0 saturated heterocycles. The van der Waals surface area contributed by atoms with E-state index in [1.807, 2.05) is 0 Å². The second kappa shape index (κ2) is 12.1. The molecule has 0 aromatic heterocycles. The van der Waals surface area contributed by atoms with Gasteiger partial charge in [0.05, 0.1) is 5.69 Å². The van der Waals surface area contributed by atoms with Gasteiger partial charge in [0, 0.05) is 27.5 Å². The molecule has 0 spiro atoms. The van der Waals surface area contributed by atoms with Crippen LogP contribution in [-0.4, -0.2) is 0 Å². The second-order valence-electron chi connectivity index (χ2n) is 14.5. The summed E-state index contributed by atoms with van der Waals surface area (Å²) < 4.78 is 0. The maximum absolute atomic E-state index is 2.48. The Kier molecular flexibility index (Phi) is 7.13. The number of nitrogens with zero attached hydrogens (tertiary/aromatic N) is 1. The first-order valence-electron chi connectivity index (χ1n) is 18.5. The van der Waals surface area contributed by atoms with E-state index in [-0.39, 0.29) is 0 Å². The van der Waals surface area contributed by atoms with Gasteiger partial charge < -0.3 is 4.90 Å². The Bertz CT molecular complexity index is 2740. The van der Waals surface area contributed by atoms with Crippen LogP contribution >= 0.6 is 0 Å². The third-order valence-electron chi connectivity index (χ3n) is 11.2. The average molecular weight is 654 g/mol. The third-order valence-corrected chi connectivity index (χ3v) is 11.2. The lowest BCUT2D eigenvalue weighted by Crippen LogP contribution is -2.11. The maximum atomic E-state index is 2.48. The predicted octanol–water partition coefficient (Wildman–Crippen LogP) is 14.6. The fourth-order valence-electron chi connectivity index (χ4n) is 8.64. The van der Waals surface area contributed by atoms with E-state index >= 15 is 0 Å². The van der Waals surface area contributed by atoms with Crippen LogP contribution in [0, 0.1) is 6.92 Å². The van der Waals surface area contributed by atoms with Crippen molar-refractivity contribution in [3.05, 3.63) is 167 Å². The monoisotopic (exact) mass is 653 g/mol. The number of anilines is 3. The molecule has 0 amide bonds. The molecule has 0 radical (unpaired) electrons. The largest absolute Gasteiger partial charge is 0.309 e. The lowest BCUT2D eigenvalue weighted by atomic mass is 9.85. The van der Waals surface area contributed by atoms with Gasteiger partial charge in [-0.15, -0.1) is 0 Å². The van der Waals surface area contributed by atoms with Gasteiger partial charge in [-0.3, -0.25) is 0 Å². The molecule has 1 nitrogen and oxygen atoms in total. The minimum absolute atomic E-state index is 1.14. The molecule has 1 aliphatic rings. The van der Waals surface area contributed by atoms with E-state index in [0.29, 0.717) is 0 Å². The van der Waals surface area contributed by atoms with Crippen LogP contribution in [0.5, 0.6) is 0 Å². The molecule has 10 rings (SSSR count). The summed E-state index contributed by atoms with van der Waals surface area (Å²) in [5, 5.41) is 13.1. The molecule has 9 aromatic carbocycles. The molecule has 1 aliphatic carbocycles. The van der Waals surface area contributed by atoms with Crippen molar-refractivity contribution in [3.63, 3.8) is 0 Å². The zero-order valence-electron chi connectivity index (χ0n) is 29.0. The smallest absolute Gasteiger partial charge is 0.0619 e. The highest BCUT2D eigenvalue weighted by atomic mass is 15.1. The maximum Gasteiger partial charge on any atom is 0.0619 e. The number of hydrogen-bond acceptors (Lipinski definition) is 1. The van der Waals surface area contributed by atoms with Crippen molar-refractivity contribution in [3.8, 4) is 0 Å². The van der Waals surface area contributed by atoms with Crippen molar-refractivity contribution in [2.75, 3.05) is 4.90 Å². The van der Waals surface area contributed by atoms with Crippen molar-refractivity contribution in [1.82, 2.24) is 0 Å². The molecule has 0 atom stereocenters. The van der Waals surface area contributed by atoms with Crippen molar-refractivity contribution >= 4 is 89.2 Å². The van der Waals surface area contributed by atoms with Gasteiger partial charge in [0.25, 0.3) is 0 Å². The zero-order chi connectivity index (χ0) is 33.9. The zero-order valence-corrected chi connectivity index (χ0v) is 29.0. The quantitative estimate of drug-likeness (QED) is 0.0981. The van der Waals surface area contributed by atoms with Crippen molar-refractivity contribution < 1.29 is 0 Å². The summed E-state index contributed by atoms with van der Waals surface area (Å²) >= 11 is 0. The summed E-state index contributed by atoms with van der Waals surface area (Å²) in [6, 6.07) is 52.2. The first kappa shape index (κ1) is 29.9. The molecular weight excluding hydrogens is 615 g/mol. The topological polar surface area (TPSA) is 3.24 Å². The Hall–Kier alpha value is -5.92. The molecule has 0 bridgehead atoms. The summed E-state index contributed by atoms with van der Waals surface area (Å²) in [6.45, 7) is 2.16. The van der Waals surface area contributed by atoms with Crippen LogP contribution in [0.4, 0.5) is 17.1 Å². The standard InChI is InChI=1S/C50H39N/c1-33-13-26-42(27-14-33)51(43-28-21-35(22-29-43)16-15-34-17-19-37(20-18-34)31-36-7-3-2-4-8-36)50-44-12-6-10-39-23-24-41-32-40-11-5-9-38-25-30-45(50)49(46(38)40)48(41)47(39)44/h5-6,9-32H,2-4,7-8H2,1H3. The number of benzene rings is 9. The van der Waals surface area contributed by atoms with Gasteiger partial charge in [0.2, 0.25) is 0 Å². The Labute approximate surface area is 299 Å². The fraction of sp³-hybridized carbons (Fsp3) is 0.120. The SMILES string of the molecule is Cc1ccc(N(c2ccc(C=Cc3ccc(C=C4CCCCC4)cc3)cc2)c2c3cccc4ccc5cc6cccc7ccc2c(c76)c5c43)cc1. The van der Waals surface area contributed by atoms with Crippen LogP contribution in [0.15, 0.2) is 145 Å². The summed E-state index contributed by atoms with van der Waals surface area (Å²) in [4.78, 5) is 2.48. The van der Waals surface area contributed by atoms with Gasteiger partial charge in [-0.05, 0) is 117 Å². The number of allylic oxidation sites excluding steroid dienone is 1. The summed E-state index contributed by atoms with van der Waals surface area (Å²) in [5.74, 6) is 0. The van der Waals surface area contributed by atoms with Crippen LogP contribution < -0.4 is 4.90 Å². The summed E-state index contributed by atoms with van der Waals surface area (Å²) in [6.07, 6.45) is 13.4. The van der Waals surface area contributed by atoms with Crippen LogP contribution in [0.1, 0.15) is 54.4 Å². The van der Waals surface area contributed by atoms with Crippen LogP contribution in [0.25, 0.3) is 72.1 Å². The molecule has 9 aromatic rings. The van der Waals surface area contributed by atoms with E-state index in [1.165, 1.54) is 114 Å². The Morgan fingerprint density at radius 1 is 0.451 bits per heavy atom. The molecule has 244 valence electrons. The predicted molar refractivity (Wildman–Crippen MR) is 222 cm³/mol. The number of rotatable bonds is 6. The van der Waals surface area contributed by atoms with Crippen LogP contribution in [-0.2, 0) is 0 Å². The average Bonchev–Trinajstić information content (AvgIpc) is 3.18. The first-order chi connectivity index (χ1) is 25.2. The minimum atomic E-state index is 1.14. The van der Waals surface area contributed by atoms with E-state index in [2.05, 4.69) is 170 Å². The molecule has 1 heteroatoms. The highest BCUT2D eigenvalue weighted by Crippen LogP contribution is 2.51. The Balaban J connectivity index is 1.10. The normalized spacial score (nSPS) is 13.9. The third kappa shape index (κ3) is 5.15. The van der Waals surface area contributed by atoms with E-state index in [9.17, 15) is 0 Å². The van der Waals surface area contributed by atoms with Gasteiger partial charge in [-0.2, -0.15) is 0 Å². The molecular formula is C50H39N. The minimum Gasteiger partial charge on any atom is -0.309 e. The van der Waals surface area contributed by atoms with Crippen molar-refractivity contribution in [2.24, 2.45) is 0 Å². The summed E-state index contributed by atoms with van der Waals surface area (Å²) in [5.41, 5.74) is 10.1. The fourth-order valence-corrected chi connectivity index (χ4v) is 8.64. The van der Waals surface area contributed by atoms with E-state index in [1.54, 1.807) is 5.57 Å². The van der Waals surface area contributed by atoms with Gasteiger partial charge in [0.1, 0.15) is 0 Å². The molecule has 1 saturated carbocycles. The van der Waals surface area contributed by atoms with Gasteiger partial charge in [-0.25, -0.2) is 0 Å². The van der Waals surface area contributed by atoms with Crippen molar-refractivity contribution in [2.45, 2.75) is 39.0 Å². The van der Waals surface area contributed by atoms with E-state index in [0.717, 1.165) is 11.4 Å². The summed E-state index contributed by atoms with van der Waals surface area (Å²) in [7, 11) is 0. The van der Waals surface area contributed by atoms with Crippen LogP contribution in [0.3, 0.4) is 0 Å². The van der Waals surface area contributed by atoms with Gasteiger partial charge in [-0.1, -0.05) is 145 Å². The van der Waals surface area contributed by atoms with Gasteiger partial charge in [0.15, 0.2) is 0 Å². The lowest BCUT2D eigenvalue weighted by molar-refractivity contribution is 0.602. The van der Waals surface area contributed by atoms with E-state index < -0.39 is 0 Å².